The van der Waals surface area contributed by atoms with Crippen molar-refractivity contribution in [2.45, 2.75) is 33.1 Å². The predicted octanol–water partition coefficient (Wildman–Crippen LogP) is 3.14. The highest BCUT2D eigenvalue weighted by atomic mass is 19.1. The van der Waals surface area contributed by atoms with Gasteiger partial charge in [0.25, 0.3) is 0 Å². The normalized spacial score (nSPS) is 11.8. The molecule has 0 radical (unpaired) electrons. The third-order valence-electron chi connectivity index (χ3n) is 2.06. The summed E-state index contributed by atoms with van der Waals surface area (Å²) < 4.78 is 13.6. The molecule has 1 rings (SSSR count). The molecule has 0 heterocycles. The smallest absolute Gasteiger partial charge is 0.133 e. The molecular formula is C11H15FO. The van der Waals surface area contributed by atoms with Gasteiger partial charge >= 0.3 is 0 Å². The number of hydrogen-bond donors (Lipinski definition) is 1. The minimum Gasteiger partial charge on any atom is -0.508 e. The van der Waals surface area contributed by atoms with Gasteiger partial charge in [0.1, 0.15) is 11.6 Å². The average molecular weight is 182 g/mol. The van der Waals surface area contributed by atoms with E-state index in [0.717, 1.165) is 0 Å². The highest BCUT2D eigenvalue weighted by molar-refractivity contribution is 5.41. The second-order valence-electron chi connectivity index (χ2n) is 4.34. The summed E-state index contributed by atoms with van der Waals surface area (Å²) in [6.45, 7) is 7.34. The third-order valence-corrected chi connectivity index (χ3v) is 2.06. The zero-order valence-corrected chi connectivity index (χ0v) is 8.48. The van der Waals surface area contributed by atoms with Crippen molar-refractivity contribution >= 4 is 0 Å². The van der Waals surface area contributed by atoms with Crippen molar-refractivity contribution in [1.82, 2.24) is 0 Å². The van der Waals surface area contributed by atoms with E-state index in [9.17, 15) is 9.50 Å². The molecule has 0 aliphatic rings. The lowest BCUT2D eigenvalue weighted by Crippen LogP contribution is -2.14. The highest BCUT2D eigenvalue weighted by Gasteiger charge is 2.23. The Balaban J connectivity index is 3.43. The van der Waals surface area contributed by atoms with E-state index >= 15 is 0 Å². The largest absolute Gasteiger partial charge is 0.508 e. The molecule has 0 amide bonds. The van der Waals surface area contributed by atoms with Gasteiger partial charge in [-0.3, -0.25) is 0 Å². The van der Waals surface area contributed by atoms with Crippen molar-refractivity contribution in [2.24, 2.45) is 0 Å². The van der Waals surface area contributed by atoms with Gasteiger partial charge in [-0.25, -0.2) is 4.39 Å². The SMILES string of the molecule is Cc1ccc(O)c(C(C)(C)C)c1F. The lowest BCUT2D eigenvalue weighted by Gasteiger charge is -2.21. The van der Waals surface area contributed by atoms with Gasteiger partial charge < -0.3 is 5.11 Å². The lowest BCUT2D eigenvalue weighted by molar-refractivity contribution is 0.427. The number of aryl methyl sites for hydroxylation is 1. The minimum absolute atomic E-state index is 0.0376. The number of hydrogen-bond acceptors (Lipinski definition) is 1. The summed E-state index contributed by atoms with van der Waals surface area (Å²) in [5.41, 5.74) is 0.607. The molecule has 0 spiro atoms. The van der Waals surface area contributed by atoms with Gasteiger partial charge in [0, 0.05) is 5.56 Å². The van der Waals surface area contributed by atoms with E-state index in [0.29, 0.717) is 11.1 Å². The van der Waals surface area contributed by atoms with Gasteiger partial charge in [-0.05, 0) is 24.0 Å². The van der Waals surface area contributed by atoms with E-state index in [1.807, 2.05) is 20.8 Å². The molecule has 0 atom stereocenters. The molecule has 0 bridgehead atoms. The molecule has 1 aromatic carbocycles. The Kier molecular flexibility index (Phi) is 2.33. The molecule has 0 saturated heterocycles. The van der Waals surface area contributed by atoms with Crippen LogP contribution in [0, 0.1) is 12.7 Å². The van der Waals surface area contributed by atoms with Gasteiger partial charge in [0.05, 0.1) is 0 Å². The maximum Gasteiger partial charge on any atom is 0.133 e. The molecule has 0 aromatic heterocycles. The molecule has 2 heteroatoms. The van der Waals surface area contributed by atoms with Crippen LogP contribution < -0.4 is 0 Å². The zero-order valence-electron chi connectivity index (χ0n) is 8.48. The first-order valence-corrected chi connectivity index (χ1v) is 4.32. The van der Waals surface area contributed by atoms with Crippen LogP contribution in [0.3, 0.4) is 0 Å². The second kappa shape index (κ2) is 3.02. The first-order chi connectivity index (χ1) is 5.84. The zero-order chi connectivity index (χ0) is 10.2. The Morgan fingerprint density at radius 2 is 1.77 bits per heavy atom. The molecule has 72 valence electrons. The Morgan fingerprint density at radius 1 is 1.23 bits per heavy atom. The quantitative estimate of drug-likeness (QED) is 0.653. The van der Waals surface area contributed by atoms with Crippen LogP contribution in [0.25, 0.3) is 0 Å². The van der Waals surface area contributed by atoms with Gasteiger partial charge in [-0.2, -0.15) is 0 Å². The molecule has 1 N–H and O–H groups in total. The summed E-state index contributed by atoms with van der Waals surface area (Å²) >= 11 is 0. The average Bonchev–Trinajstić information content (AvgIpc) is 1.95. The Morgan fingerprint density at radius 3 is 2.15 bits per heavy atom. The molecule has 1 aromatic rings. The Hall–Kier alpha value is -1.05. The summed E-state index contributed by atoms with van der Waals surface area (Å²) in [6.07, 6.45) is 0. The molecule has 0 saturated carbocycles. The van der Waals surface area contributed by atoms with Crippen LogP contribution in [0.1, 0.15) is 31.9 Å². The number of aromatic hydroxyl groups is 1. The fraction of sp³-hybridized carbons (Fsp3) is 0.455. The van der Waals surface area contributed by atoms with Gasteiger partial charge in [-0.15, -0.1) is 0 Å². The van der Waals surface area contributed by atoms with Crippen LogP contribution in [0.2, 0.25) is 0 Å². The van der Waals surface area contributed by atoms with E-state index < -0.39 is 0 Å². The van der Waals surface area contributed by atoms with Crippen LogP contribution in [0.4, 0.5) is 4.39 Å². The Bertz CT molecular complexity index is 324. The third kappa shape index (κ3) is 1.82. The van der Waals surface area contributed by atoms with Crippen LogP contribution in [-0.4, -0.2) is 5.11 Å². The van der Waals surface area contributed by atoms with E-state index in [1.165, 1.54) is 0 Å². The van der Waals surface area contributed by atoms with Crippen molar-refractivity contribution in [3.8, 4) is 5.75 Å². The maximum absolute atomic E-state index is 13.6. The van der Waals surface area contributed by atoms with Crippen molar-refractivity contribution in [1.29, 1.82) is 0 Å². The van der Waals surface area contributed by atoms with Gasteiger partial charge in [-0.1, -0.05) is 26.8 Å². The van der Waals surface area contributed by atoms with Crippen molar-refractivity contribution < 1.29 is 9.50 Å². The first-order valence-electron chi connectivity index (χ1n) is 4.32. The summed E-state index contributed by atoms with van der Waals surface area (Å²) in [7, 11) is 0. The molecule has 0 unspecified atom stereocenters. The number of halogens is 1. The highest BCUT2D eigenvalue weighted by Crippen LogP contribution is 2.33. The summed E-state index contributed by atoms with van der Waals surface area (Å²) in [5.74, 6) is -0.261. The predicted molar refractivity (Wildman–Crippen MR) is 51.5 cm³/mol. The van der Waals surface area contributed by atoms with E-state index in [1.54, 1.807) is 19.1 Å². The van der Waals surface area contributed by atoms with Crippen LogP contribution in [0.5, 0.6) is 5.75 Å². The number of phenols is 1. The Labute approximate surface area is 78.2 Å². The fourth-order valence-electron chi connectivity index (χ4n) is 1.38. The van der Waals surface area contributed by atoms with Crippen molar-refractivity contribution in [3.05, 3.63) is 29.1 Å². The summed E-state index contributed by atoms with van der Waals surface area (Å²) in [4.78, 5) is 0. The minimum atomic E-state index is -0.361. The van der Waals surface area contributed by atoms with E-state index in [4.69, 9.17) is 0 Å². The van der Waals surface area contributed by atoms with Crippen LogP contribution >= 0.6 is 0 Å². The van der Waals surface area contributed by atoms with E-state index in [-0.39, 0.29) is 17.0 Å². The fourth-order valence-corrected chi connectivity index (χ4v) is 1.38. The molecule has 1 nitrogen and oxygen atoms in total. The standard InChI is InChI=1S/C11H15FO/c1-7-5-6-8(13)9(10(7)12)11(2,3)4/h5-6,13H,1-4H3. The van der Waals surface area contributed by atoms with Gasteiger partial charge in [0.15, 0.2) is 0 Å². The topological polar surface area (TPSA) is 20.2 Å². The molecule has 13 heavy (non-hydrogen) atoms. The molecule has 0 aliphatic carbocycles. The van der Waals surface area contributed by atoms with Crippen LogP contribution in [0.15, 0.2) is 12.1 Å². The summed E-state index contributed by atoms with van der Waals surface area (Å²) in [5, 5.41) is 9.51. The number of rotatable bonds is 0. The monoisotopic (exact) mass is 182 g/mol. The lowest BCUT2D eigenvalue weighted by atomic mass is 9.85. The summed E-state index contributed by atoms with van der Waals surface area (Å²) in [6, 6.07) is 3.12. The number of phenolic OH excluding ortho intramolecular Hbond substituents is 1. The van der Waals surface area contributed by atoms with Crippen molar-refractivity contribution in [3.63, 3.8) is 0 Å². The molecular weight excluding hydrogens is 167 g/mol. The van der Waals surface area contributed by atoms with Crippen molar-refractivity contribution in [2.75, 3.05) is 0 Å². The van der Waals surface area contributed by atoms with E-state index in [2.05, 4.69) is 0 Å². The molecule has 0 aliphatic heterocycles. The molecule has 0 fully saturated rings. The second-order valence-corrected chi connectivity index (χ2v) is 4.34. The maximum atomic E-state index is 13.6. The first kappa shape index (κ1) is 10.0. The van der Waals surface area contributed by atoms with Crippen LogP contribution in [-0.2, 0) is 5.41 Å². The number of benzene rings is 1. The van der Waals surface area contributed by atoms with Gasteiger partial charge in [0.2, 0.25) is 0 Å².